The Hall–Kier alpha value is -2.22. The lowest BCUT2D eigenvalue weighted by Gasteiger charge is -2.21. The second-order valence-electron chi connectivity index (χ2n) is 8.59. The predicted octanol–water partition coefficient (Wildman–Crippen LogP) is 1.88. The molecular formula is C23H32N3O3S+. The van der Waals surface area contributed by atoms with Crippen molar-refractivity contribution in [3.63, 3.8) is 0 Å². The summed E-state index contributed by atoms with van der Waals surface area (Å²) in [6.45, 7) is 7.53. The van der Waals surface area contributed by atoms with Crippen molar-refractivity contribution in [3.05, 3.63) is 65.2 Å². The monoisotopic (exact) mass is 430 g/mol. The van der Waals surface area contributed by atoms with Gasteiger partial charge in [-0.15, -0.1) is 0 Å². The van der Waals surface area contributed by atoms with Crippen LogP contribution in [-0.2, 0) is 21.4 Å². The molecule has 162 valence electrons. The number of hydrogen-bond acceptors (Lipinski definition) is 3. The van der Waals surface area contributed by atoms with Gasteiger partial charge in [0.15, 0.2) is 6.54 Å². The molecular weight excluding hydrogens is 398 g/mol. The molecule has 1 unspecified atom stereocenters. The van der Waals surface area contributed by atoms with Gasteiger partial charge in [0.05, 0.1) is 17.0 Å². The Kier molecular flexibility index (Phi) is 6.95. The number of nitrogens with one attached hydrogen (secondary N) is 2. The van der Waals surface area contributed by atoms with Crippen LogP contribution in [0.25, 0.3) is 0 Å². The average molecular weight is 431 g/mol. The van der Waals surface area contributed by atoms with Gasteiger partial charge < -0.3 is 10.2 Å². The van der Waals surface area contributed by atoms with Gasteiger partial charge in [-0.2, -0.15) is 0 Å². The molecule has 0 bridgehead atoms. The SMILES string of the molecule is CC(C)c1ccc(C[NH+](CC(=O)N[C@H](C)c2ccc(S(N)(=O)=O)cc2)C2CC2)cc1. The van der Waals surface area contributed by atoms with Gasteiger partial charge in [-0.25, -0.2) is 13.6 Å². The third-order valence-corrected chi connectivity index (χ3v) is 6.64. The van der Waals surface area contributed by atoms with Crippen LogP contribution in [0, 0.1) is 0 Å². The van der Waals surface area contributed by atoms with Gasteiger partial charge in [0.2, 0.25) is 10.0 Å². The van der Waals surface area contributed by atoms with E-state index in [-0.39, 0.29) is 16.8 Å². The smallest absolute Gasteiger partial charge is 0.275 e. The molecule has 2 aromatic carbocycles. The summed E-state index contributed by atoms with van der Waals surface area (Å²) in [4.78, 5) is 14.0. The molecule has 30 heavy (non-hydrogen) atoms. The number of sulfonamides is 1. The van der Waals surface area contributed by atoms with Crippen LogP contribution in [0.3, 0.4) is 0 Å². The molecule has 7 heteroatoms. The third kappa shape index (κ3) is 6.14. The summed E-state index contributed by atoms with van der Waals surface area (Å²) in [7, 11) is -3.71. The first-order chi connectivity index (χ1) is 14.1. The number of nitrogens with two attached hydrogens (primary N) is 1. The number of carbonyl (C=O) groups is 1. The molecule has 6 nitrogen and oxygen atoms in total. The number of hydrogen-bond donors (Lipinski definition) is 3. The zero-order valence-electron chi connectivity index (χ0n) is 17.9. The maximum Gasteiger partial charge on any atom is 0.275 e. The van der Waals surface area contributed by atoms with Crippen LogP contribution in [0.5, 0.6) is 0 Å². The second kappa shape index (κ2) is 9.29. The first-order valence-corrected chi connectivity index (χ1v) is 12.0. The van der Waals surface area contributed by atoms with E-state index in [1.807, 2.05) is 6.92 Å². The lowest BCUT2D eigenvalue weighted by molar-refractivity contribution is -0.917. The highest BCUT2D eigenvalue weighted by Crippen LogP contribution is 2.18. The first kappa shape index (κ1) is 22.5. The van der Waals surface area contributed by atoms with Gasteiger partial charge in [0.1, 0.15) is 6.54 Å². The van der Waals surface area contributed by atoms with Gasteiger partial charge in [-0.3, -0.25) is 4.79 Å². The fraction of sp³-hybridized carbons (Fsp3) is 0.435. The minimum absolute atomic E-state index is 0.00118. The van der Waals surface area contributed by atoms with E-state index in [2.05, 4.69) is 43.4 Å². The maximum absolute atomic E-state index is 12.7. The van der Waals surface area contributed by atoms with Crippen LogP contribution in [0.15, 0.2) is 53.4 Å². The molecule has 0 radical (unpaired) electrons. The Labute approximate surface area is 179 Å². The minimum Gasteiger partial charge on any atom is -0.345 e. The van der Waals surface area contributed by atoms with Crippen molar-refractivity contribution in [2.45, 2.75) is 63.1 Å². The van der Waals surface area contributed by atoms with E-state index in [0.29, 0.717) is 18.5 Å². The quantitative estimate of drug-likeness (QED) is 0.567. The average Bonchev–Trinajstić information content (AvgIpc) is 3.52. The molecule has 4 N–H and O–H groups in total. The summed E-state index contributed by atoms with van der Waals surface area (Å²) in [5, 5.41) is 8.18. The zero-order chi connectivity index (χ0) is 21.9. The van der Waals surface area contributed by atoms with E-state index in [1.165, 1.54) is 28.2 Å². The molecule has 0 aliphatic heterocycles. The van der Waals surface area contributed by atoms with Crippen molar-refractivity contribution in [2.24, 2.45) is 5.14 Å². The first-order valence-electron chi connectivity index (χ1n) is 10.5. The highest BCUT2D eigenvalue weighted by Gasteiger charge is 2.34. The zero-order valence-corrected chi connectivity index (χ0v) is 18.7. The topological polar surface area (TPSA) is 93.7 Å². The fourth-order valence-electron chi connectivity index (χ4n) is 3.65. The van der Waals surface area contributed by atoms with E-state index in [4.69, 9.17) is 5.14 Å². The van der Waals surface area contributed by atoms with Gasteiger partial charge in [0, 0.05) is 18.4 Å². The molecule has 0 saturated heterocycles. The Morgan fingerprint density at radius 2 is 1.60 bits per heavy atom. The van der Waals surface area contributed by atoms with Gasteiger partial charge in [-0.1, -0.05) is 50.2 Å². The summed E-state index contributed by atoms with van der Waals surface area (Å²) >= 11 is 0. The summed E-state index contributed by atoms with van der Waals surface area (Å²) in [5.74, 6) is 0.510. The van der Waals surface area contributed by atoms with E-state index in [0.717, 1.165) is 24.9 Å². The highest BCUT2D eigenvalue weighted by atomic mass is 32.2. The predicted molar refractivity (Wildman–Crippen MR) is 117 cm³/mol. The maximum atomic E-state index is 12.7. The van der Waals surface area contributed by atoms with Crippen LogP contribution < -0.4 is 15.4 Å². The number of primary sulfonamides is 1. The van der Waals surface area contributed by atoms with Crippen molar-refractivity contribution < 1.29 is 18.1 Å². The van der Waals surface area contributed by atoms with E-state index >= 15 is 0 Å². The Balaban J connectivity index is 1.58. The molecule has 1 aliphatic carbocycles. The summed E-state index contributed by atoms with van der Waals surface area (Å²) < 4.78 is 22.8. The van der Waals surface area contributed by atoms with Crippen molar-refractivity contribution in [1.82, 2.24) is 5.32 Å². The highest BCUT2D eigenvalue weighted by molar-refractivity contribution is 7.89. The number of amides is 1. The summed E-state index contributed by atoms with van der Waals surface area (Å²) in [6.07, 6.45) is 2.33. The molecule has 1 aliphatic rings. The molecule has 0 heterocycles. The summed E-state index contributed by atoms with van der Waals surface area (Å²) in [5.41, 5.74) is 3.42. The van der Waals surface area contributed by atoms with Crippen LogP contribution in [0.2, 0.25) is 0 Å². The van der Waals surface area contributed by atoms with Gasteiger partial charge in [-0.05, 0) is 36.1 Å². The molecule has 1 saturated carbocycles. The largest absolute Gasteiger partial charge is 0.345 e. The Bertz CT molecular complexity index is 966. The molecule has 0 aromatic heterocycles. The van der Waals surface area contributed by atoms with E-state index in [9.17, 15) is 13.2 Å². The Morgan fingerprint density at radius 1 is 1.03 bits per heavy atom. The standard InChI is InChI=1S/C23H31N3O3S/c1-16(2)19-6-4-18(5-7-19)14-26(21-10-11-21)15-23(27)25-17(3)20-8-12-22(13-9-20)30(24,28)29/h4-9,12-13,16-17,21H,10-11,14-15H2,1-3H3,(H,25,27)(H2,24,28,29)/p+1/t17-/m1/s1. The van der Waals surface area contributed by atoms with Gasteiger partial charge in [0.25, 0.3) is 5.91 Å². The lowest BCUT2D eigenvalue weighted by atomic mass is 10.0. The van der Waals surface area contributed by atoms with Crippen molar-refractivity contribution >= 4 is 15.9 Å². The van der Waals surface area contributed by atoms with Crippen LogP contribution in [0.1, 0.15) is 62.3 Å². The number of carbonyl (C=O) groups excluding carboxylic acids is 1. The van der Waals surface area contributed by atoms with Gasteiger partial charge >= 0.3 is 0 Å². The normalized spacial score (nSPS) is 16.3. The molecule has 2 atom stereocenters. The minimum atomic E-state index is -3.71. The molecule has 1 amide bonds. The number of benzene rings is 2. The fourth-order valence-corrected chi connectivity index (χ4v) is 4.17. The summed E-state index contributed by atoms with van der Waals surface area (Å²) in [6, 6.07) is 15.3. The van der Waals surface area contributed by atoms with Crippen LogP contribution in [0.4, 0.5) is 0 Å². The molecule has 2 aromatic rings. The molecule has 0 spiro atoms. The Morgan fingerprint density at radius 3 is 2.10 bits per heavy atom. The lowest BCUT2D eigenvalue weighted by Crippen LogP contribution is -3.13. The number of rotatable bonds is 9. The number of quaternary nitrogens is 1. The van der Waals surface area contributed by atoms with Crippen LogP contribution >= 0.6 is 0 Å². The third-order valence-electron chi connectivity index (χ3n) is 5.71. The molecule has 1 fully saturated rings. The molecule has 3 rings (SSSR count). The van der Waals surface area contributed by atoms with E-state index in [1.54, 1.807) is 12.1 Å². The van der Waals surface area contributed by atoms with Crippen molar-refractivity contribution in [3.8, 4) is 0 Å². The van der Waals surface area contributed by atoms with Crippen molar-refractivity contribution in [2.75, 3.05) is 6.54 Å². The van der Waals surface area contributed by atoms with E-state index < -0.39 is 10.0 Å². The second-order valence-corrected chi connectivity index (χ2v) is 10.1. The van der Waals surface area contributed by atoms with Crippen molar-refractivity contribution in [1.29, 1.82) is 0 Å². The van der Waals surface area contributed by atoms with Crippen LogP contribution in [-0.4, -0.2) is 26.9 Å².